The lowest BCUT2D eigenvalue weighted by Crippen LogP contribution is -2.22. The fourth-order valence-electron chi connectivity index (χ4n) is 3.89. The first-order chi connectivity index (χ1) is 16.7. The monoisotopic (exact) mass is 450 g/mol. The first-order valence-electron chi connectivity index (χ1n) is 11.3. The molecule has 1 fully saturated rings. The molecule has 3 heterocycles. The van der Waals surface area contributed by atoms with Crippen molar-refractivity contribution in [3.8, 4) is 11.3 Å². The molecule has 1 aliphatic rings. The van der Waals surface area contributed by atoms with E-state index in [-0.39, 0.29) is 5.96 Å². The number of nitrogens with two attached hydrogens (primary N) is 1. The maximum absolute atomic E-state index is 6.16. The van der Waals surface area contributed by atoms with Gasteiger partial charge >= 0.3 is 0 Å². The topological polar surface area (TPSA) is 104 Å². The van der Waals surface area contributed by atoms with Crippen molar-refractivity contribution >= 4 is 34.7 Å². The molecule has 0 atom stereocenters. The van der Waals surface area contributed by atoms with Crippen LogP contribution in [0.25, 0.3) is 11.3 Å². The number of aliphatic imine (C=N–C) groups is 1. The van der Waals surface area contributed by atoms with E-state index in [1.165, 1.54) is 12.8 Å². The van der Waals surface area contributed by atoms with Crippen molar-refractivity contribution in [2.75, 3.05) is 28.6 Å². The average Bonchev–Trinajstić information content (AvgIpc) is 3.42. The number of rotatable bonds is 6. The van der Waals surface area contributed by atoms with Gasteiger partial charge in [0.25, 0.3) is 0 Å². The Morgan fingerprint density at radius 1 is 0.824 bits per heavy atom. The Morgan fingerprint density at radius 2 is 1.59 bits per heavy atom. The molecule has 4 aromatic rings. The number of nitrogens with one attached hydrogen (secondary N) is 2. The highest BCUT2D eigenvalue weighted by Gasteiger charge is 2.13. The summed E-state index contributed by atoms with van der Waals surface area (Å²) in [5.41, 5.74) is 10.5. The summed E-state index contributed by atoms with van der Waals surface area (Å²) < 4.78 is 0. The van der Waals surface area contributed by atoms with Crippen LogP contribution in [-0.2, 0) is 0 Å². The minimum atomic E-state index is 0.221. The number of hydrogen-bond acceptors (Lipinski definition) is 6. The molecule has 8 nitrogen and oxygen atoms in total. The van der Waals surface area contributed by atoms with E-state index >= 15 is 0 Å². The van der Waals surface area contributed by atoms with Crippen LogP contribution in [0.5, 0.6) is 0 Å². The lowest BCUT2D eigenvalue weighted by atomic mass is 10.1. The molecule has 0 radical (unpaired) electrons. The quantitative estimate of drug-likeness (QED) is 0.282. The summed E-state index contributed by atoms with van der Waals surface area (Å²) in [6, 6.07) is 25.4. The Kier molecular flexibility index (Phi) is 6.29. The smallest absolute Gasteiger partial charge is 0.199 e. The number of nitrogens with zero attached hydrogens (tertiary/aromatic N) is 5. The lowest BCUT2D eigenvalue weighted by molar-refractivity contribution is 0.938. The van der Waals surface area contributed by atoms with Gasteiger partial charge < -0.3 is 21.3 Å². The number of hydrogen-bond donors (Lipinski definition) is 3. The maximum atomic E-state index is 6.16. The molecule has 0 aliphatic carbocycles. The van der Waals surface area contributed by atoms with Crippen LogP contribution in [0.2, 0.25) is 0 Å². The summed E-state index contributed by atoms with van der Waals surface area (Å²) in [5.74, 6) is 1.67. The van der Waals surface area contributed by atoms with Crippen molar-refractivity contribution in [3.63, 3.8) is 0 Å². The fraction of sp³-hybridized carbons (Fsp3) is 0.154. The lowest BCUT2D eigenvalue weighted by Gasteiger charge is -2.17. The Labute approximate surface area is 198 Å². The van der Waals surface area contributed by atoms with Crippen molar-refractivity contribution in [1.82, 2.24) is 15.2 Å². The van der Waals surface area contributed by atoms with E-state index in [1.807, 2.05) is 72.9 Å². The second kappa shape index (κ2) is 9.99. The van der Waals surface area contributed by atoms with Crippen molar-refractivity contribution in [2.45, 2.75) is 12.8 Å². The van der Waals surface area contributed by atoms with E-state index in [9.17, 15) is 0 Å². The standard InChI is InChI=1S/C26H26N8/c27-26(31-24-14-13-21(32-33-24)19-8-2-1-3-9-19)30-23-11-5-4-10-22(23)29-20-12-15-25(28-18-20)34-16-6-7-17-34/h1-5,8-15,18,29H,6-7,16-17H2,(H3,27,30,31,33). The summed E-state index contributed by atoms with van der Waals surface area (Å²) in [5, 5.41) is 15.0. The van der Waals surface area contributed by atoms with Gasteiger partial charge in [0.2, 0.25) is 0 Å². The molecule has 2 aromatic heterocycles. The highest BCUT2D eigenvalue weighted by Crippen LogP contribution is 2.26. The molecule has 1 saturated heterocycles. The summed E-state index contributed by atoms with van der Waals surface area (Å²) in [4.78, 5) is 11.3. The zero-order valence-corrected chi connectivity index (χ0v) is 18.7. The highest BCUT2D eigenvalue weighted by atomic mass is 15.2. The molecule has 2 aromatic carbocycles. The summed E-state index contributed by atoms with van der Waals surface area (Å²) in [7, 11) is 0. The van der Waals surface area contributed by atoms with E-state index in [2.05, 4.69) is 41.8 Å². The van der Waals surface area contributed by atoms with Crippen molar-refractivity contribution in [1.29, 1.82) is 0 Å². The molecule has 8 heteroatoms. The first kappa shape index (κ1) is 21.4. The Hall–Kier alpha value is -4.46. The number of guanidine groups is 1. The van der Waals surface area contributed by atoms with E-state index in [0.29, 0.717) is 5.82 Å². The average molecular weight is 451 g/mol. The van der Waals surface area contributed by atoms with Gasteiger partial charge in [0.15, 0.2) is 11.8 Å². The number of anilines is 4. The molecule has 0 unspecified atom stereocenters. The molecule has 5 rings (SSSR count). The fourth-order valence-corrected chi connectivity index (χ4v) is 3.89. The first-order valence-corrected chi connectivity index (χ1v) is 11.3. The van der Waals surface area contributed by atoms with Crippen LogP contribution < -0.4 is 21.3 Å². The molecule has 1 aliphatic heterocycles. The molecule has 0 bridgehead atoms. The molecular weight excluding hydrogens is 424 g/mol. The molecule has 0 spiro atoms. The van der Waals surface area contributed by atoms with E-state index < -0.39 is 0 Å². The third-order valence-electron chi connectivity index (χ3n) is 5.60. The maximum Gasteiger partial charge on any atom is 0.199 e. The van der Waals surface area contributed by atoms with Crippen molar-refractivity contribution < 1.29 is 0 Å². The van der Waals surface area contributed by atoms with Crippen LogP contribution in [0.1, 0.15) is 12.8 Å². The molecule has 170 valence electrons. The van der Waals surface area contributed by atoms with Gasteiger partial charge in [-0.25, -0.2) is 4.98 Å². The number of para-hydroxylation sites is 2. The molecule has 4 N–H and O–H groups in total. The Bertz CT molecular complexity index is 1250. The van der Waals surface area contributed by atoms with Crippen molar-refractivity contribution in [2.24, 2.45) is 10.7 Å². The van der Waals surface area contributed by atoms with Crippen LogP contribution >= 0.6 is 0 Å². The van der Waals surface area contributed by atoms with Crippen LogP contribution in [0.4, 0.5) is 28.7 Å². The Balaban J connectivity index is 1.27. The summed E-state index contributed by atoms with van der Waals surface area (Å²) >= 11 is 0. The van der Waals surface area contributed by atoms with Crippen LogP contribution in [-0.4, -0.2) is 34.2 Å². The largest absolute Gasteiger partial charge is 0.369 e. The zero-order chi connectivity index (χ0) is 23.2. The van der Waals surface area contributed by atoms with E-state index in [4.69, 9.17) is 5.73 Å². The SMILES string of the molecule is NC(=Nc1ccc(-c2ccccc2)nn1)Nc1ccccc1Nc1ccc(N2CCCC2)nc1. The third-order valence-corrected chi connectivity index (χ3v) is 5.60. The molecule has 34 heavy (non-hydrogen) atoms. The minimum absolute atomic E-state index is 0.221. The highest BCUT2D eigenvalue weighted by molar-refractivity contribution is 5.97. The van der Waals surface area contributed by atoms with Crippen LogP contribution in [0.3, 0.4) is 0 Å². The zero-order valence-electron chi connectivity index (χ0n) is 18.7. The van der Waals surface area contributed by atoms with Gasteiger partial charge in [-0.2, -0.15) is 4.99 Å². The van der Waals surface area contributed by atoms with Gasteiger partial charge in [-0.3, -0.25) is 0 Å². The van der Waals surface area contributed by atoms with Gasteiger partial charge in [-0.15, -0.1) is 10.2 Å². The molecule has 0 saturated carbocycles. The second-order valence-electron chi connectivity index (χ2n) is 8.03. The van der Waals surface area contributed by atoms with Gasteiger partial charge in [0, 0.05) is 18.7 Å². The number of benzene rings is 2. The van der Waals surface area contributed by atoms with Gasteiger partial charge in [0.1, 0.15) is 5.82 Å². The number of aromatic nitrogens is 3. The minimum Gasteiger partial charge on any atom is -0.369 e. The van der Waals surface area contributed by atoms with Crippen molar-refractivity contribution in [3.05, 3.63) is 85.1 Å². The summed E-state index contributed by atoms with van der Waals surface area (Å²) in [6.07, 6.45) is 4.31. The molecule has 0 amide bonds. The summed E-state index contributed by atoms with van der Waals surface area (Å²) in [6.45, 7) is 2.15. The predicted octanol–water partition coefficient (Wildman–Crippen LogP) is 4.94. The second-order valence-corrected chi connectivity index (χ2v) is 8.03. The van der Waals surface area contributed by atoms with Gasteiger partial charge in [0.05, 0.1) is 29.0 Å². The Morgan fingerprint density at radius 3 is 2.29 bits per heavy atom. The normalized spacial score (nSPS) is 13.6. The molecular formula is C26H26N8. The van der Waals surface area contributed by atoms with Gasteiger partial charge in [-0.1, -0.05) is 42.5 Å². The van der Waals surface area contributed by atoms with E-state index in [0.717, 1.165) is 47.2 Å². The van der Waals surface area contributed by atoms with Crippen LogP contribution in [0.15, 0.2) is 90.1 Å². The van der Waals surface area contributed by atoms with E-state index in [1.54, 1.807) is 6.07 Å². The van der Waals surface area contributed by atoms with Gasteiger partial charge in [-0.05, 0) is 49.2 Å². The predicted molar refractivity (Wildman–Crippen MR) is 138 cm³/mol. The van der Waals surface area contributed by atoms with Crippen LogP contribution in [0, 0.1) is 0 Å². The third kappa shape index (κ3) is 5.12. The number of pyridine rings is 1.